The summed E-state index contributed by atoms with van der Waals surface area (Å²) in [5, 5.41) is 12.3. The van der Waals surface area contributed by atoms with Gasteiger partial charge in [0.25, 0.3) is 0 Å². The highest BCUT2D eigenvalue weighted by molar-refractivity contribution is 9.10. The fourth-order valence-corrected chi connectivity index (χ4v) is 1.97. The molecule has 0 amide bonds. The van der Waals surface area contributed by atoms with E-state index in [0.29, 0.717) is 11.4 Å². The number of hydrogen-bond donors (Lipinski definition) is 1. The highest BCUT2D eigenvalue weighted by Gasteiger charge is 2.06. The third kappa shape index (κ3) is 3.33. The van der Waals surface area contributed by atoms with Crippen LogP contribution in [0.2, 0.25) is 0 Å². The van der Waals surface area contributed by atoms with Crippen molar-refractivity contribution >= 4 is 21.7 Å². The normalized spacial score (nSPS) is 9.95. The van der Waals surface area contributed by atoms with Gasteiger partial charge in [0.05, 0.1) is 11.3 Å². The summed E-state index contributed by atoms with van der Waals surface area (Å²) in [7, 11) is 0. The number of nitriles is 1. The number of benzene rings is 1. The molecule has 0 atom stereocenters. The number of nitrogens with zero attached hydrogens (tertiary/aromatic N) is 2. The predicted octanol–water partition coefficient (Wildman–Crippen LogP) is 4.20. The average molecular weight is 316 g/mol. The number of aromatic nitrogens is 1. The van der Waals surface area contributed by atoms with E-state index in [1.807, 2.05) is 36.4 Å². The molecule has 1 aromatic heterocycles. The van der Waals surface area contributed by atoms with E-state index >= 15 is 0 Å². The van der Waals surface area contributed by atoms with E-state index in [0.717, 1.165) is 28.7 Å². The molecule has 0 saturated heterocycles. The second-order valence-electron chi connectivity index (χ2n) is 4.14. The Morgan fingerprint density at radius 2 is 1.95 bits per heavy atom. The summed E-state index contributed by atoms with van der Waals surface area (Å²) in [5.41, 5.74) is 2.48. The molecule has 19 heavy (non-hydrogen) atoms. The molecule has 0 spiro atoms. The standard InChI is InChI=1S/C15H14BrN3/c1-2-9-18-15-12(10-17)5-8-14(19-15)11-3-6-13(16)7-4-11/h3-8H,2,9H2,1H3,(H,18,19). The van der Waals surface area contributed by atoms with Crippen molar-refractivity contribution < 1.29 is 0 Å². The summed E-state index contributed by atoms with van der Waals surface area (Å²) in [6.45, 7) is 2.89. The zero-order chi connectivity index (χ0) is 13.7. The lowest BCUT2D eigenvalue weighted by Crippen LogP contribution is -2.04. The average Bonchev–Trinajstić information content (AvgIpc) is 2.45. The second-order valence-corrected chi connectivity index (χ2v) is 5.05. The van der Waals surface area contributed by atoms with Crippen molar-refractivity contribution in [1.82, 2.24) is 4.98 Å². The van der Waals surface area contributed by atoms with Crippen LogP contribution in [-0.4, -0.2) is 11.5 Å². The predicted molar refractivity (Wildman–Crippen MR) is 80.9 cm³/mol. The lowest BCUT2D eigenvalue weighted by Gasteiger charge is -2.08. The maximum atomic E-state index is 9.08. The molecule has 0 aliphatic rings. The Morgan fingerprint density at radius 1 is 1.21 bits per heavy atom. The zero-order valence-electron chi connectivity index (χ0n) is 10.7. The van der Waals surface area contributed by atoms with Gasteiger partial charge in [-0.2, -0.15) is 5.26 Å². The Hall–Kier alpha value is -1.86. The molecule has 1 N–H and O–H groups in total. The minimum Gasteiger partial charge on any atom is -0.369 e. The second kappa shape index (κ2) is 6.35. The third-order valence-corrected chi connectivity index (χ3v) is 3.23. The van der Waals surface area contributed by atoms with E-state index in [-0.39, 0.29) is 0 Å². The van der Waals surface area contributed by atoms with Gasteiger partial charge in [0, 0.05) is 16.6 Å². The monoisotopic (exact) mass is 315 g/mol. The SMILES string of the molecule is CCCNc1nc(-c2ccc(Br)cc2)ccc1C#N. The van der Waals surface area contributed by atoms with E-state index in [2.05, 4.69) is 39.2 Å². The van der Waals surface area contributed by atoms with E-state index in [4.69, 9.17) is 5.26 Å². The highest BCUT2D eigenvalue weighted by Crippen LogP contribution is 2.23. The van der Waals surface area contributed by atoms with Gasteiger partial charge in [0.2, 0.25) is 0 Å². The number of hydrogen-bond acceptors (Lipinski definition) is 3. The minimum atomic E-state index is 0.578. The van der Waals surface area contributed by atoms with Crippen LogP contribution in [0.15, 0.2) is 40.9 Å². The van der Waals surface area contributed by atoms with Crippen molar-refractivity contribution in [3.05, 3.63) is 46.4 Å². The molecule has 96 valence electrons. The molecular weight excluding hydrogens is 302 g/mol. The van der Waals surface area contributed by atoms with Crippen molar-refractivity contribution in [1.29, 1.82) is 5.26 Å². The first kappa shape index (κ1) is 13.6. The van der Waals surface area contributed by atoms with Crippen LogP contribution in [0.4, 0.5) is 5.82 Å². The van der Waals surface area contributed by atoms with E-state index < -0.39 is 0 Å². The Balaban J connectivity index is 2.37. The smallest absolute Gasteiger partial charge is 0.144 e. The van der Waals surface area contributed by atoms with Gasteiger partial charge in [0.1, 0.15) is 11.9 Å². The van der Waals surface area contributed by atoms with E-state index in [1.165, 1.54) is 0 Å². The molecule has 2 rings (SSSR count). The van der Waals surface area contributed by atoms with Crippen molar-refractivity contribution in [2.45, 2.75) is 13.3 Å². The van der Waals surface area contributed by atoms with Gasteiger partial charge in [-0.1, -0.05) is 35.0 Å². The van der Waals surface area contributed by atoms with Gasteiger partial charge in [-0.15, -0.1) is 0 Å². The van der Waals surface area contributed by atoms with E-state index in [1.54, 1.807) is 0 Å². The Labute approximate surface area is 121 Å². The van der Waals surface area contributed by atoms with Crippen LogP contribution in [0.5, 0.6) is 0 Å². The van der Waals surface area contributed by atoms with Crippen molar-refractivity contribution in [2.24, 2.45) is 0 Å². The molecule has 0 unspecified atom stereocenters. The molecule has 0 aliphatic heterocycles. The largest absolute Gasteiger partial charge is 0.369 e. The third-order valence-electron chi connectivity index (χ3n) is 2.70. The Kier molecular flexibility index (Phi) is 4.53. The summed E-state index contributed by atoms with van der Waals surface area (Å²) in [5.74, 6) is 0.657. The summed E-state index contributed by atoms with van der Waals surface area (Å²) in [6.07, 6.45) is 0.995. The lowest BCUT2D eigenvalue weighted by molar-refractivity contribution is 0.968. The van der Waals surface area contributed by atoms with Crippen LogP contribution in [-0.2, 0) is 0 Å². The van der Waals surface area contributed by atoms with Crippen LogP contribution in [0.3, 0.4) is 0 Å². The van der Waals surface area contributed by atoms with Gasteiger partial charge >= 0.3 is 0 Å². The first-order valence-corrected chi connectivity index (χ1v) is 6.95. The maximum Gasteiger partial charge on any atom is 0.144 e. The topological polar surface area (TPSA) is 48.7 Å². The molecular formula is C15H14BrN3. The molecule has 1 aromatic carbocycles. The molecule has 0 bridgehead atoms. The molecule has 0 saturated carbocycles. The lowest BCUT2D eigenvalue weighted by atomic mass is 10.1. The maximum absolute atomic E-state index is 9.08. The van der Waals surface area contributed by atoms with Gasteiger partial charge in [-0.25, -0.2) is 4.98 Å². The number of halogens is 1. The first-order chi connectivity index (χ1) is 9.24. The van der Waals surface area contributed by atoms with Crippen LogP contribution in [0.1, 0.15) is 18.9 Å². The van der Waals surface area contributed by atoms with Crippen molar-refractivity contribution in [3.8, 4) is 17.3 Å². The van der Waals surface area contributed by atoms with Crippen LogP contribution in [0, 0.1) is 11.3 Å². The molecule has 4 heteroatoms. The van der Waals surface area contributed by atoms with E-state index in [9.17, 15) is 0 Å². The molecule has 0 radical (unpaired) electrons. The van der Waals surface area contributed by atoms with Crippen molar-refractivity contribution in [3.63, 3.8) is 0 Å². The summed E-state index contributed by atoms with van der Waals surface area (Å²) in [4.78, 5) is 4.53. The molecule has 1 heterocycles. The summed E-state index contributed by atoms with van der Waals surface area (Å²) in [6, 6.07) is 13.8. The zero-order valence-corrected chi connectivity index (χ0v) is 12.2. The Bertz CT molecular complexity index is 600. The number of rotatable bonds is 4. The fraction of sp³-hybridized carbons (Fsp3) is 0.200. The van der Waals surface area contributed by atoms with Crippen LogP contribution >= 0.6 is 15.9 Å². The summed E-state index contributed by atoms with van der Waals surface area (Å²) >= 11 is 3.41. The number of nitrogens with one attached hydrogen (secondary N) is 1. The Morgan fingerprint density at radius 3 is 2.58 bits per heavy atom. The first-order valence-electron chi connectivity index (χ1n) is 6.15. The fourth-order valence-electron chi connectivity index (χ4n) is 1.71. The van der Waals surface area contributed by atoms with Crippen LogP contribution < -0.4 is 5.32 Å². The molecule has 0 aliphatic carbocycles. The number of anilines is 1. The molecule has 2 aromatic rings. The van der Waals surface area contributed by atoms with Gasteiger partial charge < -0.3 is 5.32 Å². The van der Waals surface area contributed by atoms with Crippen molar-refractivity contribution in [2.75, 3.05) is 11.9 Å². The quantitative estimate of drug-likeness (QED) is 0.919. The van der Waals surface area contributed by atoms with Gasteiger partial charge in [-0.3, -0.25) is 0 Å². The molecule has 3 nitrogen and oxygen atoms in total. The summed E-state index contributed by atoms with van der Waals surface area (Å²) < 4.78 is 1.04. The minimum absolute atomic E-state index is 0.578. The van der Waals surface area contributed by atoms with Gasteiger partial charge in [-0.05, 0) is 30.7 Å². The highest BCUT2D eigenvalue weighted by atomic mass is 79.9. The molecule has 0 fully saturated rings. The number of pyridine rings is 1. The van der Waals surface area contributed by atoms with Crippen LogP contribution in [0.25, 0.3) is 11.3 Å². The van der Waals surface area contributed by atoms with Gasteiger partial charge in [0.15, 0.2) is 0 Å².